The smallest absolute Gasteiger partial charge is 0.295 e. The minimum Gasteiger partial charge on any atom is -0.506 e. The molecule has 0 aromatic heterocycles. The fourth-order valence-corrected chi connectivity index (χ4v) is 4.63. The lowest BCUT2D eigenvalue weighted by molar-refractivity contribution is -0.117. The first-order valence-electron chi connectivity index (χ1n) is 9.47. The zero-order valence-electron chi connectivity index (χ0n) is 17.3. The second-order valence-electron chi connectivity index (χ2n) is 7.24. The maximum atomic E-state index is 12.9. The number of carbonyl (C=O) groups is 1. The number of benzene rings is 3. The molecule has 0 spiro atoms. The third-order valence-corrected chi connectivity index (χ3v) is 6.71. The lowest BCUT2D eigenvalue weighted by Gasteiger charge is -2.13. The van der Waals surface area contributed by atoms with Crippen LogP contribution in [0.1, 0.15) is 6.92 Å². The van der Waals surface area contributed by atoms with E-state index in [1.807, 2.05) is 0 Å². The molecule has 0 bridgehead atoms. The van der Waals surface area contributed by atoms with Gasteiger partial charge in [-0.05, 0) is 25.1 Å². The first kappa shape index (κ1) is 23.4. The van der Waals surface area contributed by atoms with Crippen molar-refractivity contribution in [2.45, 2.75) is 22.8 Å². The lowest BCUT2D eigenvalue weighted by Crippen LogP contribution is -2.29. The summed E-state index contributed by atoms with van der Waals surface area (Å²) in [7, 11) is -9.14. The van der Waals surface area contributed by atoms with E-state index in [-0.39, 0.29) is 27.9 Å². The minimum atomic E-state index is -4.64. The van der Waals surface area contributed by atoms with E-state index in [2.05, 4.69) is 15.3 Å². The molecule has 1 unspecified atom stereocenters. The molecule has 176 valence electrons. The summed E-state index contributed by atoms with van der Waals surface area (Å²) in [6, 6.07) is 10.5. The zero-order chi connectivity index (χ0) is 24.8. The summed E-state index contributed by atoms with van der Waals surface area (Å²) in [6.07, 6.45) is 0. The van der Waals surface area contributed by atoms with E-state index in [4.69, 9.17) is 0 Å². The SMILES string of the molecule is CC1=NN(c2cccc(S(=O)(=O)O)c2)C(=O)C1N=Nc1c(O)cc(S(=O)(=O)O)c2ccccc12. The number of phenolic OH excluding ortho intramolecular Hbond substituents is 1. The molecule has 0 aliphatic carbocycles. The Morgan fingerprint density at radius 2 is 1.62 bits per heavy atom. The van der Waals surface area contributed by atoms with E-state index >= 15 is 0 Å². The number of fused-ring (bicyclic) bond motifs is 1. The first-order chi connectivity index (χ1) is 15.9. The van der Waals surface area contributed by atoms with Crippen LogP contribution in [0.25, 0.3) is 10.8 Å². The van der Waals surface area contributed by atoms with Gasteiger partial charge in [-0.1, -0.05) is 30.3 Å². The van der Waals surface area contributed by atoms with Gasteiger partial charge in [0.25, 0.3) is 26.1 Å². The molecule has 4 rings (SSSR count). The largest absolute Gasteiger partial charge is 0.506 e. The number of hydrogen-bond acceptors (Lipinski definition) is 9. The van der Waals surface area contributed by atoms with Crippen molar-refractivity contribution in [2.24, 2.45) is 15.3 Å². The summed E-state index contributed by atoms with van der Waals surface area (Å²) in [5.41, 5.74) is 0.155. The third kappa shape index (κ3) is 4.26. The predicted octanol–water partition coefficient (Wildman–Crippen LogP) is 2.91. The number of nitrogens with zero attached hydrogens (tertiary/aromatic N) is 4. The molecule has 12 nitrogen and oxygen atoms in total. The zero-order valence-corrected chi connectivity index (χ0v) is 18.9. The van der Waals surface area contributed by atoms with Crippen molar-refractivity contribution >= 4 is 54.0 Å². The topological polar surface area (TPSA) is 186 Å². The molecule has 0 saturated heterocycles. The number of anilines is 1. The molecule has 3 aromatic rings. The fourth-order valence-electron chi connectivity index (χ4n) is 3.40. The molecule has 0 fully saturated rings. The van der Waals surface area contributed by atoms with Gasteiger partial charge >= 0.3 is 0 Å². The van der Waals surface area contributed by atoms with Crippen molar-refractivity contribution in [1.29, 1.82) is 0 Å². The van der Waals surface area contributed by atoms with Crippen LogP contribution in [0.15, 0.2) is 79.7 Å². The van der Waals surface area contributed by atoms with Crippen LogP contribution in [0.2, 0.25) is 0 Å². The third-order valence-electron chi connectivity index (χ3n) is 4.97. The maximum Gasteiger partial charge on any atom is 0.295 e. The van der Waals surface area contributed by atoms with Crippen molar-refractivity contribution in [2.75, 3.05) is 5.01 Å². The van der Waals surface area contributed by atoms with Crippen molar-refractivity contribution < 1.29 is 35.8 Å². The Balaban J connectivity index is 1.72. The lowest BCUT2D eigenvalue weighted by atomic mass is 10.1. The summed E-state index contributed by atoms with van der Waals surface area (Å²) in [6.45, 7) is 1.49. The summed E-state index contributed by atoms with van der Waals surface area (Å²) >= 11 is 0. The maximum absolute atomic E-state index is 12.9. The van der Waals surface area contributed by atoms with Gasteiger partial charge in [0.2, 0.25) is 0 Å². The van der Waals surface area contributed by atoms with Gasteiger partial charge in [0.15, 0.2) is 6.04 Å². The van der Waals surface area contributed by atoms with E-state index in [9.17, 15) is 35.8 Å². The highest BCUT2D eigenvalue weighted by atomic mass is 32.2. The van der Waals surface area contributed by atoms with Crippen LogP contribution in [0.3, 0.4) is 0 Å². The minimum absolute atomic E-state index is 0.0722. The number of amides is 1. The van der Waals surface area contributed by atoms with Crippen molar-refractivity contribution in [1.82, 2.24) is 0 Å². The Bertz CT molecular complexity index is 1610. The number of hydrogen-bond donors (Lipinski definition) is 3. The molecule has 0 radical (unpaired) electrons. The summed E-state index contributed by atoms with van der Waals surface area (Å²) < 4.78 is 64.9. The molecule has 0 saturated carbocycles. The van der Waals surface area contributed by atoms with Gasteiger partial charge in [-0.2, -0.15) is 37.2 Å². The fraction of sp³-hybridized carbons (Fsp3) is 0.100. The average Bonchev–Trinajstić information content (AvgIpc) is 3.05. The highest BCUT2D eigenvalue weighted by Gasteiger charge is 2.35. The first-order valence-corrected chi connectivity index (χ1v) is 12.4. The van der Waals surface area contributed by atoms with E-state index in [0.29, 0.717) is 0 Å². The molecule has 14 heteroatoms. The van der Waals surface area contributed by atoms with Gasteiger partial charge in [-0.25, -0.2) is 0 Å². The van der Waals surface area contributed by atoms with Gasteiger partial charge in [-0.15, -0.1) is 0 Å². The normalized spacial score (nSPS) is 17.0. The average molecular weight is 505 g/mol. The van der Waals surface area contributed by atoms with Crippen LogP contribution in [-0.4, -0.2) is 48.7 Å². The van der Waals surface area contributed by atoms with Crippen molar-refractivity contribution in [3.8, 4) is 5.75 Å². The second-order valence-corrected chi connectivity index (χ2v) is 10.1. The Labute approximate surface area is 193 Å². The van der Waals surface area contributed by atoms with Crippen molar-refractivity contribution in [3.05, 3.63) is 54.6 Å². The Morgan fingerprint density at radius 1 is 0.941 bits per heavy atom. The summed E-state index contributed by atoms with van der Waals surface area (Å²) in [5.74, 6) is -1.26. The van der Waals surface area contributed by atoms with E-state index in [1.54, 1.807) is 6.07 Å². The monoisotopic (exact) mass is 504 g/mol. The van der Waals surface area contributed by atoms with Gasteiger partial charge in [0.1, 0.15) is 16.3 Å². The molecule has 1 aliphatic heterocycles. The number of carbonyl (C=O) groups excluding carboxylic acids is 1. The Hall–Kier alpha value is -3.72. The Kier molecular flexibility index (Phi) is 5.69. The second kappa shape index (κ2) is 8.25. The van der Waals surface area contributed by atoms with Crippen LogP contribution in [-0.2, 0) is 25.0 Å². The molecular formula is C20H16N4O8S2. The van der Waals surface area contributed by atoms with E-state index < -0.39 is 47.7 Å². The van der Waals surface area contributed by atoms with Crippen molar-refractivity contribution in [3.63, 3.8) is 0 Å². The molecule has 1 aliphatic rings. The van der Waals surface area contributed by atoms with Gasteiger partial charge in [0, 0.05) is 16.8 Å². The van der Waals surface area contributed by atoms with Gasteiger partial charge < -0.3 is 5.11 Å². The highest BCUT2D eigenvalue weighted by Crippen LogP contribution is 2.39. The molecule has 3 aromatic carbocycles. The predicted molar refractivity (Wildman–Crippen MR) is 121 cm³/mol. The molecule has 34 heavy (non-hydrogen) atoms. The molecule has 1 atom stereocenters. The number of hydrazone groups is 1. The summed E-state index contributed by atoms with van der Waals surface area (Å²) in [4.78, 5) is 12.0. The van der Waals surface area contributed by atoms with Crippen LogP contribution < -0.4 is 5.01 Å². The van der Waals surface area contributed by atoms with Crippen LogP contribution >= 0.6 is 0 Å². The van der Waals surface area contributed by atoms with E-state index in [0.717, 1.165) is 23.2 Å². The van der Waals surface area contributed by atoms with Crippen LogP contribution in [0, 0.1) is 0 Å². The highest BCUT2D eigenvalue weighted by molar-refractivity contribution is 7.86. The number of aromatic hydroxyl groups is 1. The van der Waals surface area contributed by atoms with E-state index in [1.165, 1.54) is 37.3 Å². The van der Waals surface area contributed by atoms with Gasteiger partial charge in [0.05, 0.1) is 16.3 Å². The number of phenols is 1. The molecule has 1 heterocycles. The molecule has 3 N–H and O–H groups in total. The molecular weight excluding hydrogens is 488 g/mol. The van der Waals surface area contributed by atoms with Crippen LogP contribution in [0.5, 0.6) is 5.75 Å². The van der Waals surface area contributed by atoms with Crippen LogP contribution in [0.4, 0.5) is 11.4 Å². The Morgan fingerprint density at radius 3 is 2.26 bits per heavy atom. The number of rotatable bonds is 5. The van der Waals surface area contributed by atoms with Gasteiger partial charge in [-0.3, -0.25) is 13.9 Å². The summed E-state index contributed by atoms with van der Waals surface area (Å²) in [5, 5.41) is 23.5. The standard InChI is InChI=1S/C20H16N4O8S2/c1-11-18(20(26)24(23-11)12-5-4-6-13(9-12)33(27,28)29)21-22-19-15-8-3-2-7-14(15)17(10-16(19)25)34(30,31)32/h2-10,18,25H,1H3,(H,27,28,29)(H,30,31,32). The quantitative estimate of drug-likeness (QED) is 0.349. The molecule has 1 amide bonds. The number of azo groups is 1.